The molecule has 1 amide bonds. The van der Waals surface area contributed by atoms with Crippen LogP contribution in [0.15, 0.2) is 0 Å². The molecule has 0 radical (unpaired) electrons. The zero-order valence-corrected chi connectivity index (χ0v) is 13.3. The smallest absolute Gasteiger partial charge is 0.228 e. The van der Waals surface area contributed by atoms with Gasteiger partial charge in [0.25, 0.3) is 0 Å². The lowest BCUT2D eigenvalue weighted by Gasteiger charge is -2.39. The molecule has 0 aromatic rings. The summed E-state index contributed by atoms with van der Waals surface area (Å²) in [4.78, 5) is 14.8. The molecule has 1 aliphatic heterocycles. The van der Waals surface area contributed by atoms with Gasteiger partial charge in [0.15, 0.2) is 0 Å². The molecular formula is C16H32N2O2. The normalized spacial score (nSPS) is 17.9. The Morgan fingerprint density at radius 1 is 1.15 bits per heavy atom. The molecule has 4 nitrogen and oxygen atoms in total. The molecule has 20 heavy (non-hydrogen) atoms. The lowest BCUT2D eigenvalue weighted by atomic mass is 9.75. The number of carbonyl (C=O) groups is 1. The summed E-state index contributed by atoms with van der Waals surface area (Å²) in [5.74, 6) is 0.270. The fraction of sp³-hybridized carbons (Fsp3) is 0.938. The van der Waals surface area contributed by atoms with Gasteiger partial charge in [-0.2, -0.15) is 0 Å². The number of hydrogen-bond acceptors (Lipinski definition) is 3. The van der Waals surface area contributed by atoms with Gasteiger partial charge in [0, 0.05) is 13.1 Å². The van der Waals surface area contributed by atoms with E-state index in [4.69, 9.17) is 0 Å². The zero-order chi connectivity index (χ0) is 14.8. The Kier molecular flexibility index (Phi) is 8.15. The molecule has 0 saturated carbocycles. The van der Waals surface area contributed by atoms with Crippen molar-refractivity contribution in [2.24, 2.45) is 5.41 Å². The zero-order valence-electron chi connectivity index (χ0n) is 13.3. The molecule has 1 saturated heterocycles. The monoisotopic (exact) mass is 284 g/mol. The van der Waals surface area contributed by atoms with Crippen molar-refractivity contribution < 1.29 is 9.90 Å². The Morgan fingerprint density at radius 2 is 1.85 bits per heavy atom. The molecular weight excluding hydrogens is 252 g/mol. The highest BCUT2D eigenvalue weighted by Crippen LogP contribution is 2.34. The van der Waals surface area contributed by atoms with Crippen LogP contribution in [0.5, 0.6) is 0 Å². The Hall–Kier alpha value is -0.610. The van der Waals surface area contributed by atoms with E-state index in [-0.39, 0.29) is 17.9 Å². The van der Waals surface area contributed by atoms with Crippen molar-refractivity contribution in [2.75, 3.05) is 32.8 Å². The number of unbranched alkanes of at least 4 members (excludes halogenated alkanes) is 3. The highest BCUT2D eigenvalue weighted by atomic mass is 16.3. The molecule has 1 aliphatic rings. The highest BCUT2D eigenvalue weighted by Gasteiger charge is 2.40. The summed E-state index contributed by atoms with van der Waals surface area (Å²) < 4.78 is 0. The highest BCUT2D eigenvalue weighted by molar-refractivity contribution is 5.83. The standard InChI is InChI=1S/C16H32N2O2/c1-3-5-6-7-12-18(13-14-19)15(20)16(4-2)8-10-17-11-9-16/h17,19H,3-14H2,1-2H3. The third-order valence-corrected chi connectivity index (χ3v) is 4.63. The number of nitrogens with zero attached hydrogens (tertiary/aromatic N) is 1. The van der Waals surface area contributed by atoms with Crippen molar-refractivity contribution in [3.8, 4) is 0 Å². The van der Waals surface area contributed by atoms with Crippen molar-refractivity contribution in [3.63, 3.8) is 0 Å². The molecule has 0 aliphatic carbocycles. The summed E-state index contributed by atoms with van der Waals surface area (Å²) in [6, 6.07) is 0. The van der Waals surface area contributed by atoms with Crippen LogP contribution in [0.25, 0.3) is 0 Å². The topological polar surface area (TPSA) is 52.6 Å². The minimum atomic E-state index is -0.189. The van der Waals surface area contributed by atoms with Crippen LogP contribution in [-0.4, -0.2) is 48.7 Å². The van der Waals surface area contributed by atoms with Crippen LogP contribution in [0, 0.1) is 5.41 Å². The summed E-state index contributed by atoms with van der Waals surface area (Å²) in [6.07, 6.45) is 7.43. The number of hydrogen-bond donors (Lipinski definition) is 2. The number of aliphatic hydroxyl groups excluding tert-OH is 1. The van der Waals surface area contributed by atoms with E-state index in [1.165, 1.54) is 19.3 Å². The lowest BCUT2D eigenvalue weighted by Crippen LogP contribution is -2.50. The Bertz CT molecular complexity index is 276. The number of carbonyl (C=O) groups excluding carboxylic acids is 1. The largest absolute Gasteiger partial charge is 0.395 e. The van der Waals surface area contributed by atoms with Gasteiger partial charge < -0.3 is 15.3 Å². The first kappa shape index (κ1) is 17.4. The van der Waals surface area contributed by atoms with E-state index < -0.39 is 0 Å². The summed E-state index contributed by atoms with van der Waals surface area (Å²) in [7, 11) is 0. The third kappa shape index (κ3) is 4.74. The van der Waals surface area contributed by atoms with Gasteiger partial charge in [-0.05, 0) is 38.8 Å². The lowest BCUT2D eigenvalue weighted by molar-refractivity contribution is -0.144. The average Bonchev–Trinajstić information content (AvgIpc) is 2.50. The number of rotatable bonds is 9. The molecule has 2 N–H and O–H groups in total. The van der Waals surface area contributed by atoms with Gasteiger partial charge in [-0.3, -0.25) is 4.79 Å². The summed E-state index contributed by atoms with van der Waals surface area (Å²) in [6.45, 7) is 7.53. The molecule has 1 fully saturated rings. The van der Waals surface area contributed by atoms with Crippen LogP contribution in [0.3, 0.4) is 0 Å². The summed E-state index contributed by atoms with van der Waals surface area (Å²) >= 11 is 0. The van der Waals surface area contributed by atoms with E-state index >= 15 is 0 Å². The third-order valence-electron chi connectivity index (χ3n) is 4.63. The second kappa shape index (κ2) is 9.35. The van der Waals surface area contributed by atoms with Crippen molar-refractivity contribution in [2.45, 2.75) is 58.8 Å². The van der Waals surface area contributed by atoms with E-state index in [0.29, 0.717) is 6.54 Å². The summed E-state index contributed by atoms with van der Waals surface area (Å²) in [5, 5.41) is 12.6. The van der Waals surface area contributed by atoms with Crippen molar-refractivity contribution in [1.82, 2.24) is 10.2 Å². The maximum Gasteiger partial charge on any atom is 0.228 e. The van der Waals surface area contributed by atoms with Crippen molar-refractivity contribution >= 4 is 5.91 Å². The van der Waals surface area contributed by atoms with Gasteiger partial charge in [-0.25, -0.2) is 0 Å². The van der Waals surface area contributed by atoms with Gasteiger partial charge in [0.05, 0.1) is 12.0 Å². The SMILES string of the molecule is CCCCCCN(CCO)C(=O)C1(CC)CCNCC1. The average molecular weight is 284 g/mol. The number of aliphatic hydroxyl groups is 1. The van der Waals surface area contributed by atoms with Crippen LogP contribution >= 0.6 is 0 Å². The van der Waals surface area contributed by atoms with Gasteiger partial charge in [0.1, 0.15) is 0 Å². The predicted molar refractivity (Wildman–Crippen MR) is 82.6 cm³/mol. The molecule has 1 rings (SSSR count). The second-order valence-electron chi connectivity index (χ2n) is 5.96. The number of piperidine rings is 1. The maximum atomic E-state index is 12.9. The van der Waals surface area contributed by atoms with Crippen molar-refractivity contribution in [3.05, 3.63) is 0 Å². The fourth-order valence-corrected chi connectivity index (χ4v) is 3.12. The molecule has 0 aromatic carbocycles. The van der Waals surface area contributed by atoms with E-state index in [2.05, 4.69) is 19.2 Å². The maximum absolute atomic E-state index is 12.9. The minimum absolute atomic E-state index is 0.0670. The molecule has 118 valence electrons. The van der Waals surface area contributed by atoms with Gasteiger partial charge >= 0.3 is 0 Å². The van der Waals surface area contributed by atoms with E-state index in [9.17, 15) is 9.90 Å². The molecule has 4 heteroatoms. The molecule has 0 aromatic heterocycles. The number of nitrogens with one attached hydrogen (secondary N) is 1. The minimum Gasteiger partial charge on any atom is -0.395 e. The molecule has 1 heterocycles. The predicted octanol–water partition coefficient (Wildman–Crippen LogP) is 2.17. The van der Waals surface area contributed by atoms with Crippen LogP contribution in [0.1, 0.15) is 58.8 Å². The fourth-order valence-electron chi connectivity index (χ4n) is 3.12. The van der Waals surface area contributed by atoms with Crippen LogP contribution < -0.4 is 5.32 Å². The summed E-state index contributed by atoms with van der Waals surface area (Å²) in [5.41, 5.74) is -0.189. The van der Waals surface area contributed by atoms with Crippen LogP contribution in [-0.2, 0) is 4.79 Å². The Labute approximate surface area is 123 Å². The molecule has 0 unspecified atom stereocenters. The van der Waals surface area contributed by atoms with Gasteiger partial charge in [-0.15, -0.1) is 0 Å². The second-order valence-corrected chi connectivity index (χ2v) is 5.96. The van der Waals surface area contributed by atoms with Gasteiger partial charge in [-0.1, -0.05) is 33.1 Å². The molecule has 0 atom stereocenters. The van der Waals surface area contributed by atoms with E-state index in [0.717, 1.165) is 45.3 Å². The first-order chi connectivity index (χ1) is 9.70. The Morgan fingerprint density at radius 3 is 2.40 bits per heavy atom. The quantitative estimate of drug-likeness (QED) is 0.638. The first-order valence-corrected chi connectivity index (χ1v) is 8.31. The van der Waals surface area contributed by atoms with Crippen LogP contribution in [0.4, 0.5) is 0 Å². The van der Waals surface area contributed by atoms with Crippen molar-refractivity contribution in [1.29, 1.82) is 0 Å². The van der Waals surface area contributed by atoms with Gasteiger partial charge in [0.2, 0.25) is 5.91 Å². The number of amides is 1. The molecule has 0 bridgehead atoms. The van der Waals surface area contributed by atoms with E-state index in [1.54, 1.807) is 0 Å². The van der Waals surface area contributed by atoms with Crippen LogP contribution in [0.2, 0.25) is 0 Å². The molecule has 0 spiro atoms. The first-order valence-electron chi connectivity index (χ1n) is 8.31. The Balaban J connectivity index is 2.60. The van der Waals surface area contributed by atoms with E-state index in [1.807, 2.05) is 4.90 Å².